The molecule has 0 saturated heterocycles. The summed E-state index contributed by atoms with van der Waals surface area (Å²) in [6.45, 7) is 0. The van der Waals surface area contributed by atoms with E-state index in [-0.39, 0.29) is 5.82 Å². The van der Waals surface area contributed by atoms with Crippen LogP contribution >= 0.6 is 0 Å². The molecule has 0 atom stereocenters. The van der Waals surface area contributed by atoms with Gasteiger partial charge in [0.25, 0.3) is 0 Å². The second-order valence-electron chi connectivity index (χ2n) is 4.40. The number of benzene rings is 2. The molecule has 5 heteroatoms. The topological polar surface area (TPSA) is 64.1 Å². The lowest BCUT2D eigenvalue weighted by atomic mass is 10.2. The number of para-hydroxylation sites is 2. The van der Waals surface area contributed by atoms with Gasteiger partial charge < -0.3 is 10.1 Å². The molecule has 0 aliphatic rings. The van der Waals surface area contributed by atoms with Gasteiger partial charge in [0.1, 0.15) is 5.82 Å². The van der Waals surface area contributed by atoms with E-state index in [1.54, 1.807) is 0 Å². The summed E-state index contributed by atoms with van der Waals surface area (Å²) >= 11 is 0. The molecule has 0 aliphatic carbocycles. The van der Waals surface area contributed by atoms with Gasteiger partial charge in [0.15, 0.2) is 0 Å². The van der Waals surface area contributed by atoms with Crippen LogP contribution in [0.3, 0.4) is 0 Å². The Morgan fingerprint density at radius 3 is 2.48 bits per heavy atom. The quantitative estimate of drug-likeness (QED) is 0.746. The Morgan fingerprint density at radius 1 is 1.00 bits per heavy atom. The standard InChI is InChI=1S/C16H13N3O2/c1-21-16(20)15-18-13-10-6-5-9-12(13)14(19-15)17-11-7-3-2-4-8-11/h2-10H,1H3,(H,17,18,19). The smallest absolute Gasteiger partial charge is 0.376 e. The summed E-state index contributed by atoms with van der Waals surface area (Å²) in [5, 5.41) is 4.05. The van der Waals surface area contributed by atoms with E-state index in [0.717, 1.165) is 11.1 Å². The van der Waals surface area contributed by atoms with E-state index < -0.39 is 5.97 Å². The zero-order valence-electron chi connectivity index (χ0n) is 11.4. The minimum Gasteiger partial charge on any atom is -0.463 e. The number of methoxy groups -OCH3 is 1. The summed E-state index contributed by atoms with van der Waals surface area (Å²) in [6, 6.07) is 17.1. The summed E-state index contributed by atoms with van der Waals surface area (Å²) in [6.07, 6.45) is 0. The predicted molar refractivity (Wildman–Crippen MR) is 80.6 cm³/mol. The molecule has 0 fully saturated rings. The summed E-state index contributed by atoms with van der Waals surface area (Å²) in [5.74, 6) is 0.0543. The van der Waals surface area contributed by atoms with E-state index in [9.17, 15) is 4.79 Å². The SMILES string of the molecule is COC(=O)c1nc(Nc2ccccc2)c2ccccc2n1. The highest BCUT2D eigenvalue weighted by Gasteiger charge is 2.14. The van der Waals surface area contributed by atoms with Crippen molar-refractivity contribution in [1.82, 2.24) is 9.97 Å². The Labute approximate surface area is 121 Å². The third-order valence-corrected chi connectivity index (χ3v) is 3.01. The van der Waals surface area contributed by atoms with E-state index in [1.165, 1.54) is 7.11 Å². The fourth-order valence-electron chi connectivity index (χ4n) is 2.01. The minimum absolute atomic E-state index is 0.0367. The van der Waals surface area contributed by atoms with Crippen molar-refractivity contribution >= 4 is 28.4 Å². The van der Waals surface area contributed by atoms with Gasteiger partial charge in [-0.3, -0.25) is 0 Å². The maximum absolute atomic E-state index is 11.7. The minimum atomic E-state index is -0.558. The molecule has 5 nitrogen and oxygen atoms in total. The number of nitrogens with zero attached hydrogens (tertiary/aromatic N) is 2. The number of hydrogen-bond donors (Lipinski definition) is 1. The zero-order valence-corrected chi connectivity index (χ0v) is 11.4. The second kappa shape index (κ2) is 5.58. The number of hydrogen-bond acceptors (Lipinski definition) is 5. The number of rotatable bonds is 3. The molecule has 104 valence electrons. The van der Waals surface area contributed by atoms with Gasteiger partial charge in [0.05, 0.1) is 12.6 Å². The third-order valence-electron chi connectivity index (χ3n) is 3.01. The van der Waals surface area contributed by atoms with Gasteiger partial charge in [-0.1, -0.05) is 30.3 Å². The van der Waals surface area contributed by atoms with Crippen LogP contribution in [0.25, 0.3) is 10.9 Å². The van der Waals surface area contributed by atoms with Crippen molar-refractivity contribution in [3.63, 3.8) is 0 Å². The van der Waals surface area contributed by atoms with Crippen LogP contribution in [0.1, 0.15) is 10.6 Å². The molecule has 0 spiro atoms. The largest absolute Gasteiger partial charge is 0.463 e. The molecule has 0 aliphatic heterocycles. The highest BCUT2D eigenvalue weighted by molar-refractivity contribution is 5.95. The molecule has 1 N–H and O–H groups in total. The van der Waals surface area contributed by atoms with Crippen LogP contribution < -0.4 is 5.32 Å². The molecule has 0 unspecified atom stereocenters. The van der Waals surface area contributed by atoms with E-state index >= 15 is 0 Å². The molecular formula is C16H13N3O2. The lowest BCUT2D eigenvalue weighted by molar-refractivity contribution is 0.0587. The van der Waals surface area contributed by atoms with Gasteiger partial charge in [-0.25, -0.2) is 14.8 Å². The fourth-order valence-corrected chi connectivity index (χ4v) is 2.01. The molecule has 2 aromatic carbocycles. The number of nitrogens with one attached hydrogen (secondary N) is 1. The Hall–Kier alpha value is -2.95. The van der Waals surface area contributed by atoms with E-state index in [2.05, 4.69) is 15.3 Å². The number of fused-ring (bicyclic) bond motifs is 1. The third kappa shape index (κ3) is 2.67. The van der Waals surface area contributed by atoms with Crippen LogP contribution in [0, 0.1) is 0 Å². The second-order valence-corrected chi connectivity index (χ2v) is 4.40. The van der Waals surface area contributed by atoms with E-state index in [0.29, 0.717) is 11.3 Å². The Bertz CT molecular complexity index is 788. The van der Waals surface area contributed by atoms with Crippen molar-refractivity contribution in [3.8, 4) is 0 Å². The first-order valence-corrected chi connectivity index (χ1v) is 6.45. The van der Waals surface area contributed by atoms with Gasteiger partial charge in [-0.05, 0) is 24.3 Å². The van der Waals surface area contributed by atoms with Gasteiger partial charge >= 0.3 is 5.97 Å². The zero-order chi connectivity index (χ0) is 14.7. The van der Waals surface area contributed by atoms with Gasteiger partial charge in [0, 0.05) is 11.1 Å². The molecule has 0 saturated carbocycles. The lowest BCUT2D eigenvalue weighted by Crippen LogP contribution is -2.09. The number of esters is 1. The number of carbonyl (C=O) groups excluding carboxylic acids is 1. The van der Waals surface area contributed by atoms with Crippen LogP contribution in [-0.2, 0) is 4.74 Å². The Kier molecular flexibility index (Phi) is 3.47. The van der Waals surface area contributed by atoms with Crippen molar-refractivity contribution in [3.05, 3.63) is 60.4 Å². The molecule has 21 heavy (non-hydrogen) atoms. The molecule has 0 bridgehead atoms. The monoisotopic (exact) mass is 279 g/mol. The summed E-state index contributed by atoms with van der Waals surface area (Å²) < 4.78 is 4.70. The number of ether oxygens (including phenoxy) is 1. The average molecular weight is 279 g/mol. The van der Waals surface area contributed by atoms with Crippen molar-refractivity contribution in [2.45, 2.75) is 0 Å². The first kappa shape index (κ1) is 13.1. The van der Waals surface area contributed by atoms with E-state index in [4.69, 9.17) is 4.74 Å². The maximum atomic E-state index is 11.7. The van der Waals surface area contributed by atoms with E-state index in [1.807, 2.05) is 54.6 Å². The van der Waals surface area contributed by atoms with Crippen LogP contribution in [0.2, 0.25) is 0 Å². The van der Waals surface area contributed by atoms with Crippen LogP contribution in [0.5, 0.6) is 0 Å². The van der Waals surface area contributed by atoms with Crippen LogP contribution in [0.4, 0.5) is 11.5 Å². The maximum Gasteiger partial charge on any atom is 0.376 e. The highest BCUT2D eigenvalue weighted by Crippen LogP contribution is 2.23. The summed E-state index contributed by atoms with van der Waals surface area (Å²) in [4.78, 5) is 20.2. The predicted octanol–water partition coefficient (Wildman–Crippen LogP) is 3.16. The van der Waals surface area contributed by atoms with Crippen molar-refractivity contribution < 1.29 is 9.53 Å². The average Bonchev–Trinajstić information content (AvgIpc) is 2.55. The summed E-state index contributed by atoms with van der Waals surface area (Å²) in [5.41, 5.74) is 1.57. The van der Waals surface area contributed by atoms with Gasteiger partial charge in [0.2, 0.25) is 5.82 Å². The lowest BCUT2D eigenvalue weighted by Gasteiger charge is -2.10. The molecule has 3 aromatic rings. The first-order chi connectivity index (χ1) is 10.3. The number of aromatic nitrogens is 2. The molecule has 1 heterocycles. The normalized spacial score (nSPS) is 10.3. The summed E-state index contributed by atoms with van der Waals surface area (Å²) in [7, 11) is 1.31. The first-order valence-electron chi connectivity index (χ1n) is 6.45. The van der Waals surface area contributed by atoms with Crippen molar-refractivity contribution in [2.75, 3.05) is 12.4 Å². The molecule has 3 rings (SSSR count). The van der Waals surface area contributed by atoms with Gasteiger partial charge in [-0.15, -0.1) is 0 Å². The Morgan fingerprint density at radius 2 is 1.71 bits per heavy atom. The molecule has 0 radical (unpaired) electrons. The molecule has 0 amide bonds. The number of anilines is 2. The fraction of sp³-hybridized carbons (Fsp3) is 0.0625. The van der Waals surface area contributed by atoms with Gasteiger partial charge in [-0.2, -0.15) is 0 Å². The van der Waals surface area contributed by atoms with Crippen molar-refractivity contribution in [2.24, 2.45) is 0 Å². The molecular weight excluding hydrogens is 266 g/mol. The van der Waals surface area contributed by atoms with Crippen LogP contribution in [0.15, 0.2) is 54.6 Å². The Balaban J connectivity index is 2.12. The molecule has 1 aromatic heterocycles. The highest BCUT2D eigenvalue weighted by atomic mass is 16.5. The van der Waals surface area contributed by atoms with Crippen LogP contribution in [-0.4, -0.2) is 23.0 Å². The number of carbonyl (C=O) groups is 1. The van der Waals surface area contributed by atoms with Crippen molar-refractivity contribution in [1.29, 1.82) is 0 Å².